The molecule has 4 aliphatic rings. The van der Waals surface area contributed by atoms with Crippen LogP contribution in [0.2, 0.25) is 0 Å². The highest BCUT2D eigenvalue weighted by atomic mass is 16.3. The van der Waals surface area contributed by atoms with Crippen LogP contribution in [0.5, 0.6) is 0 Å². The summed E-state index contributed by atoms with van der Waals surface area (Å²) in [6.07, 6.45) is 9.47. The topological polar surface area (TPSA) is 20.2 Å². The first-order valence-electron chi connectivity index (χ1n) is 7.25. The second-order valence-electron chi connectivity index (χ2n) is 7.43. The fraction of sp³-hybridized carbons (Fsp3) is 1.00. The molecule has 16 heavy (non-hydrogen) atoms. The molecule has 0 spiro atoms. The third kappa shape index (κ3) is 1.72. The summed E-state index contributed by atoms with van der Waals surface area (Å²) >= 11 is 0. The minimum Gasteiger partial charge on any atom is -0.393 e. The van der Waals surface area contributed by atoms with Crippen molar-refractivity contribution in [1.82, 2.24) is 0 Å². The Morgan fingerprint density at radius 1 is 1.00 bits per heavy atom. The second kappa shape index (κ2) is 3.73. The Bertz CT molecular complexity index is 233. The van der Waals surface area contributed by atoms with Crippen LogP contribution in [0.3, 0.4) is 0 Å². The Hall–Kier alpha value is -0.0400. The predicted octanol–water partition coefficient (Wildman–Crippen LogP) is 3.61. The van der Waals surface area contributed by atoms with Crippen LogP contribution in [-0.2, 0) is 0 Å². The van der Waals surface area contributed by atoms with Crippen molar-refractivity contribution in [2.24, 2.45) is 29.1 Å². The number of hydrogen-bond acceptors (Lipinski definition) is 1. The second-order valence-corrected chi connectivity index (χ2v) is 7.43. The normalized spacial score (nSPS) is 47.6. The summed E-state index contributed by atoms with van der Waals surface area (Å²) in [6, 6.07) is 0. The summed E-state index contributed by atoms with van der Waals surface area (Å²) in [7, 11) is 0. The predicted molar refractivity (Wildman–Crippen MR) is 66.1 cm³/mol. The average Bonchev–Trinajstić information content (AvgIpc) is 2.13. The zero-order valence-electron chi connectivity index (χ0n) is 10.8. The summed E-state index contributed by atoms with van der Waals surface area (Å²) in [6.45, 7) is 4.48. The lowest BCUT2D eigenvalue weighted by molar-refractivity contribution is -0.124. The van der Waals surface area contributed by atoms with Crippen LogP contribution in [0.1, 0.15) is 58.8 Å². The van der Waals surface area contributed by atoms with Gasteiger partial charge in [-0.05, 0) is 74.0 Å². The van der Waals surface area contributed by atoms with Crippen LogP contribution in [0.25, 0.3) is 0 Å². The van der Waals surface area contributed by atoms with Gasteiger partial charge in [-0.2, -0.15) is 0 Å². The smallest absolute Gasteiger partial charge is 0.0599 e. The van der Waals surface area contributed by atoms with Gasteiger partial charge in [0.25, 0.3) is 0 Å². The minimum atomic E-state index is -0.0131. The molecule has 0 aromatic carbocycles. The zero-order valence-corrected chi connectivity index (χ0v) is 10.8. The van der Waals surface area contributed by atoms with Crippen molar-refractivity contribution >= 4 is 0 Å². The van der Waals surface area contributed by atoms with E-state index in [1.807, 2.05) is 0 Å². The lowest BCUT2D eigenvalue weighted by atomic mass is 9.48. The molecule has 0 aromatic rings. The molecule has 1 nitrogen and oxygen atoms in total. The first kappa shape index (κ1) is 11.1. The van der Waals surface area contributed by atoms with Crippen LogP contribution >= 0.6 is 0 Å². The molecule has 1 heteroatoms. The molecular weight excluding hydrogens is 196 g/mol. The van der Waals surface area contributed by atoms with Gasteiger partial charge < -0.3 is 5.11 Å². The fourth-order valence-electron chi connectivity index (χ4n) is 5.28. The summed E-state index contributed by atoms with van der Waals surface area (Å²) in [4.78, 5) is 0. The molecule has 4 saturated carbocycles. The highest BCUT2D eigenvalue weighted by molar-refractivity contribution is 5.04. The Kier molecular flexibility index (Phi) is 2.58. The van der Waals surface area contributed by atoms with Crippen LogP contribution in [0.4, 0.5) is 0 Å². The van der Waals surface area contributed by atoms with E-state index in [-0.39, 0.29) is 6.10 Å². The monoisotopic (exact) mass is 222 g/mol. The maximum Gasteiger partial charge on any atom is 0.0599 e. The van der Waals surface area contributed by atoms with E-state index in [9.17, 15) is 5.11 Å². The van der Waals surface area contributed by atoms with E-state index < -0.39 is 0 Å². The van der Waals surface area contributed by atoms with Gasteiger partial charge in [0.05, 0.1) is 6.10 Å². The van der Waals surface area contributed by atoms with Gasteiger partial charge in [0.15, 0.2) is 0 Å². The van der Waals surface area contributed by atoms with Crippen LogP contribution in [0.15, 0.2) is 0 Å². The minimum absolute atomic E-state index is 0.0131. The van der Waals surface area contributed by atoms with E-state index in [1.54, 1.807) is 0 Å². The van der Waals surface area contributed by atoms with E-state index >= 15 is 0 Å². The Morgan fingerprint density at radius 2 is 1.44 bits per heavy atom. The molecule has 0 radical (unpaired) electrons. The molecule has 0 saturated heterocycles. The molecule has 1 atom stereocenters. The molecule has 1 unspecified atom stereocenters. The molecular formula is C15H26O. The third-order valence-electron chi connectivity index (χ3n) is 5.49. The van der Waals surface area contributed by atoms with Crippen molar-refractivity contribution in [3.63, 3.8) is 0 Å². The van der Waals surface area contributed by atoms with Gasteiger partial charge >= 0.3 is 0 Å². The molecule has 4 bridgehead atoms. The van der Waals surface area contributed by atoms with E-state index in [4.69, 9.17) is 0 Å². The largest absolute Gasteiger partial charge is 0.393 e. The van der Waals surface area contributed by atoms with Crippen molar-refractivity contribution in [2.75, 3.05) is 0 Å². The molecule has 1 N–H and O–H groups in total. The van der Waals surface area contributed by atoms with Gasteiger partial charge in [0.2, 0.25) is 0 Å². The number of aliphatic hydroxyl groups is 1. The maximum atomic E-state index is 10.6. The zero-order chi connectivity index (χ0) is 11.3. The average molecular weight is 222 g/mol. The lowest BCUT2D eigenvalue weighted by Crippen LogP contribution is -2.51. The van der Waals surface area contributed by atoms with Gasteiger partial charge in [-0.15, -0.1) is 0 Å². The SMILES string of the molecule is CC(C)CC(O)C12CC3CC(CC(C3)C1)C2. The standard InChI is InChI=1S/C15H26O/c1-10(2)3-14(16)15-7-11-4-12(8-15)6-13(5-11)9-15/h10-14,16H,3-9H2,1-2H3. The van der Waals surface area contributed by atoms with Crippen molar-refractivity contribution < 1.29 is 5.11 Å². The first-order chi connectivity index (χ1) is 7.57. The van der Waals surface area contributed by atoms with Gasteiger partial charge in [-0.3, -0.25) is 0 Å². The maximum absolute atomic E-state index is 10.6. The summed E-state index contributed by atoms with van der Waals surface area (Å²) in [5.41, 5.74) is 0.346. The molecule has 0 heterocycles. The van der Waals surface area contributed by atoms with Crippen molar-refractivity contribution in [2.45, 2.75) is 64.9 Å². The van der Waals surface area contributed by atoms with Crippen LogP contribution in [0, 0.1) is 29.1 Å². The number of hydrogen-bond donors (Lipinski definition) is 1. The quantitative estimate of drug-likeness (QED) is 0.773. The Balaban J connectivity index is 1.77. The first-order valence-corrected chi connectivity index (χ1v) is 7.25. The lowest BCUT2D eigenvalue weighted by Gasteiger charge is -2.58. The highest BCUT2D eigenvalue weighted by Gasteiger charge is 2.53. The van der Waals surface area contributed by atoms with E-state index in [2.05, 4.69) is 13.8 Å². The molecule has 4 rings (SSSR count). The highest BCUT2D eigenvalue weighted by Crippen LogP contribution is 2.61. The van der Waals surface area contributed by atoms with Crippen LogP contribution in [-0.4, -0.2) is 11.2 Å². The van der Waals surface area contributed by atoms with Crippen molar-refractivity contribution in [3.05, 3.63) is 0 Å². The fourth-order valence-corrected chi connectivity index (χ4v) is 5.28. The van der Waals surface area contributed by atoms with E-state index in [1.165, 1.54) is 38.5 Å². The van der Waals surface area contributed by atoms with E-state index in [0.717, 1.165) is 24.2 Å². The molecule has 4 fully saturated rings. The molecule has 0 amide bonds. The van der Waals surface area contributed by atoms with Gasteiger partial charge in [0, 0.05) is 0 Å². The summed E-state index contributed by atoms with van der Waals surface area (Å²) in [5.74, 6) is 3.54. The van der Waals surface area contributed by atoms with Crippen molar-refractivity contribution in [1.29, 1.82) is 0 Å². The summed E-state index contributed by atoms with van der Waals surface area (Å²) in [5, 5.41) is 10.6. The van der Waals surface area contributed by atoms with Crippen molar-refractivity contribution in [3.8, 4) is 0 Å². The Labute approximate surface area is 99.6 Å². The molecule has 92 valence electrons. The number of rotatable bonds is 3. The van der Waals surface area contributed by atoms with Gasteiger partial charge in [-0.25, -0.2) is 0 Å². The molecule has 0 aliphatic heterocycles. The van der Waals surface area contributed by atoms with E-state index in [0.29, 0.717) is 11.3 Å². The molecule has 4 aliphatic carbocycles. The van der Waals surface area contributed by atoms with Crippen LogP contribution < -0.4 is 0 Å². The third-order valence-corrected chi connectivity index (χ3v) is 5.49. The molecule has 0 aromatic heterocycles. The summed E-state index contributed by atoms with van der Waals surface area (Å²) < 4.78 is 0. The van der Waals surface area contributed by atoms with Gasteiger partial charge in [0.1, 0.15) is 0 Å². The number of aliphatic hydroxyl groups excluding tert-OH is 1. The van der Waals surface area contributed by atoms with Gasteiger partial charge in [-0.1, -0.05) is 13.8 Å². The Morgan fingerprint density at radius 3 is 1.81 bits per heavy atom.